The molecule has 0 spiro atoms. The molecule has 0 radical (unpaired) electrons. The van der Waals surface area contributed by atoms with Gasteiger partial charge in [0.05, 0.1) is 16.7 Å². The molecule has 1 amide bonds. The van der Waals surface area contributed by atoms with Crippen LogP contribution in [0.5, 0.6) is 5.75 Å². The molecule has 0 unspecified atom stereocenters. The van der Waals surface area contributed by atoms with E-state index in [1.54, 1.807) is 5.38 Å². The van der Waals surface area contributed by atoms with E-state index in [1.165, 1.54) is 24.3 Å². The normalized spacial score (nSPS) is 10.2. The summed E-state index contributed by atoms with van der Waals surface area (Å²) >= 11 is 1.22. The number of benzene rings is 1. The van der Waals surface area contributed by atoms with Crippen LogP contribution in [-0.2, 0) is 11.4 Å². The number of amides is 1. The number of aromatic nitrogens is 1. The van der Waals surface area contributed by atoms with E-state index in [2.05, 4.69) is 10.3 Å². The number of carbonyl (C=O) groups excluding carboxylic acids is 1. The quantitative estimate of drug-likeness (QED) is 0.676. The lowest BCUT2D eigenvalue weighted by atomic mass is 10.3. The molecular formula is C12H10FN3O4S. The molecule has 0 fully saturated rings. The summed E-state index contributed by atoms with van der Waals surface area (Å²) in [7, 11) is 0. The Morgan fingerprint density at radius 3 is 2.95 bits per heavy atom. The molecule has 21 heavy (non-hydrogen) atoms. The van der Waals surface area contributed by atoms with Gasteiger partial charge in [-0.3, -0.25) is 14.9 Å². The largest absolute Gasteiger partial charge is 0.484 e. The number of nitro groups is 1. The summed E-state index contributed by atoms with van der Waals surface area (Å²) in [6.45, 7) is 1.36. The maximum Gasteiger partial charge on any atom is 0.272 e. The van der Waals surface area contributed by atoms with Crippen LogP contribution in [-0.4, -0.2) is 15.8 Å². The fourth-order valence-electron chi connectivity index (χ4n) is 1.45. The van der Waals surface area contributed by atoms with Gasteiger partial charge in [0.1, 0.15) is 6.61 Å². The maximum atomic E-state index is 13.6. The molecular weight excluding hydrogens is 301 g/mol. The van der Waals surface area contributed by atoms with E-state index in [4.69, 9.17) is 4.74 Å². The standard InChI is InChI=1S/C12H10FN3O4S/c1-7(17)14-12-15-8(6-21-12)5-20-11-3-2-9(16(18)19)4-10(11)13/h2-4,6H,5H2,1H3,(H,14,15,17). The zero-order valence-electron chi connectivity index (χ0n) is 10.8. The van der Waals surface area contributed by atoms with Crippen LogP contribution in [0.3, 0.4) is 0 Å². The zero-order chi connectivity index (χ0) is 15.4. The average Bonchev–Trinajstić information content (AvgIpc) is 2.83. The molecule has 0 saturated carbocycles. The van der Waals surface area contributed by atoms with E-state index in [9.17, 15) is 19.3 Å². The molecule has 2 aromatic rings. The predicted octanol–water partition coefficient (Wildman–Crippen LogP) is 2.73. The highest BCUT2D eigenvalue weighted by Gasteiger charge is 2.12. The van der Waals surface area contributed by atoms with E-state index < -0.39 is 10.7 Å². The molecule has 110 valence electrons. The number of hydrogen-bond donors (Lipinski definition) is 1. The molecule has 1 aromatic carbocycles. The summed E-state index contributed by atoms with van der Waals surface area (Å²) in [5, 5.41) is 15.1. The molecule has 1 heterocycles. The Balaban J connectivity index is 2.01. The van der Waals surface area contributed by atoms with Crippen LogP contribution in [0.1, 0.15) is 12.6 Å². The summed E-state index contributed by atoms with van der Waals surface area (Å²) in [6, 6.07) is 3.13. The van der Waals surface area contributed by atoms with Crippen molar-refractivity contribution in [2.24, 2.45) is 0 Å². The number of rotatable bonds is 5. The van der Waals surface area contributed by atoms with E-state index >= 15 is 0 Å². The SMILES string of the molecule is CC(=O)Nc1nc(COc2ccc([N+](=O)[O-])cc2F)cs1. The molecule has 0 atom stereocenters. The highest BCUT2D eigenvalue weighted by Crippen LogP contribution is 2.24. The van der Waals surface area contributed by atoms with E-state index in [0.29, 0.717) is 10.8 Å². The molecule has 0 saturated heterocycles. The van der Waals surface area contributed by atoms with Gasteiger partial charge in [-0.15, -0.1) is 11.3 Å². The first-order valence-corrected chi connectivity index (χ1v) is 6.62. The minimum Gasteiger partial charge on any atom is -0.484 e. The topological polar surface area (TPSA) is 94.4 Å². The predicted molar refractivity (Wildman–Crippen MR) is 73.8 cm³/mol. The van der Waals surface area contributed by atoms with Crippen LogP contribution >= 0.6 is 11.3 Å². The van der Waals surface area contributed by atoms with Gasteiger partial charge in [-0.1, -0.05) is 0 Å². The molecule has 0 aliphatic carbocycles. The first-order valence-electron chi connectivity index (χ1n) is 5.74. The molecule has 0 aliphatic heterocycles. The van der Waals surface area contributed by atoms with Gasteiger partial charge in [0.15, 0.2) is 16.7 Å². The van der Waals surface area contributed by atoms with Crippen molar-refractivity contribution in [2.75, 3.05) is 5.32 Å². The number of ether oxygens (including phenoxy) is 1. The number of halogens is 1. The third kappa shape index (κ3) is 3.96. The smallest absolute Gasteiger partial charge is 0.272 e. The highest BCUT2D eigenvalue weighted by atomic mass is 32.1. The van der Waals surface area contributed by atoms with E-state index in [0.717, 1.165) is 12.1 Å². The number of nitrogens with zero attached hydrogens (tertiary/aromatic N) is 2. The average molecular weight is 311 g/mol. The second-order valence-corrected chi connectivity index (χ2v) is 4.84. The van der Waals surface area contributed by atoms with Crippen LogP contribution < -0.4 is 10.1 Å². The van der Waals surface area contributed by atoms with E-state index in [-0.39, 0.29) is 24.0 Å². The van der Waals surface area contributed by atoms with Crippen molar-refractivity contribution >= 4 is 28.1 Å². The monoisotopic (exact) mass is 311 g/mol. The number of hydrogen-bond acceptors (Lipinski definition) is 6. The molecule has 1 N–H and O–H groups in total. The summed E-state index contributed by atoms with van der Waals surface area (Å²) in [4.78, 5) is 24.7. The van der Waals surface area contributed by atoms with Gasteiger partial charge >= 0.3 is 0 Å². The van der Waals surface area contributed by atoms with Crippen molar-refractivity contribution in [1.82, 2.24) is 4.98 Å². The Kier molecular flexibility index (Phi) is 4.43. The molecule has 7 nitrogen and oxygen atoms in total. The van der Waals surface area contributed by atoms with Crippen molar-refractivity contribution in [3.63, 3.8) is 0 Å². The Morgan fingerprint density at radius 2 is 2.33 bits per heavy atom. The first-order chi connectivity index (χ1) is 9.95. The van der Waals surface area contributed by atoms with Gasteiger partial charge in [0.2, 0.25) is 5.91 Å². The van der Waals surface area contributed by atoms with Crippen LogP contribution in [0.15, 0.2) is 23.6 Å². The number of thiazole rings is 1. The Hall–Kier alpha value is -2.55. The van der Waals surface area contributed by atoms with Crippen molar-refractivity contribution in [2.45, 2.75) is 13.5 Å². The Bertz CT molecular complexity index is 689. The summed E-state index contributed by atoms with van der Waals surface area (Å²) in [6.07, 6.45) is 0. The second kappa shape index (κ2) is 6.27. The summed E-state index contributed by atoms with van der Waals surface area (Å²) < 4.78 is 18.8. The molecule has 9 heteroatoms. The minimum absolute atomic E-state index is 0.00911. The van der Waals surface area contributed by atoms with Crippen LogP contribution in [0.2, 0.25) is 0 Å². The number of anilines is 1. The Labute approximate surface area is 122 Å². The minimum atomic E-state index is -0.818. The van der Waals surface area contributed by atoms with Crippen molar-refractivity contribution in [3.8, 4) is 5.75 Å². The lowest BCUT2D eigenvalue weighted by Gasteiger charge is -2.05. The van der Waals surface area contributed by atoms with Gasteiger partial charge < -0.3 is 10.1 Å². The third-order valence-electron chi connectivity index (χ3n) is 2.34. The van der Waals surface area contributed by atoms with Crippen LogP contribution in [0, 0.1) is 15.9 Å². The van der Waals surface area contributed by atoms with Crippen LogP contribution in [0.4, 0.5) is 15.2 Å². The van der Waals surface area contributed by atoms with Gasteiger partial charge in [0, 0.05) is 18.4 Å². The van der Waals surface area contributed by atoms with Crippen LogP contribution in [0.25, 0.3) is 0 Å². The van der Waals surface area contributed by atoms with Gasteiger partial charge in [-0.05, 0) is 6.07 Å². The number of carbonyl (C=O) groups is 1. The highest BCUT2D eigenvalue weighted by molar-refractivity contribution is 7.13. The first kappa shape index (κ1) is 14.9. The number of non-ortho nitro benzene ring substituents is 1. The number of nitrogens with one attached hydrogen (secondary N) is 1. The number of nitro benzene ring substituents is 1. The fraction of sp³-hybridized carbons (Fsp3) is 0.167. The van der Waals surface area contributed by atoms with Crippen molar-refractivity contribution in [1.29, 1.82) is 0 Å². The van der Waals surface area contributed by atoms with Crippen molar-refractivity contribution in [3.05, 3.63) is 45.2 Å². The maximum absolute atomic E-state index is 13.6. The lowest BCUT2D eigenvalue weighted by Crippen LogP contribution is -2.05. The molecule has 0 bridgehead atoms. The Morgan fingerprint density at radius 1 is 1.57 bits per heavy atom. The zero-order valence-corrected chi connectivity index (χ0v) is 11.6. The van der Waals surface area contributed by atoms with Crippen molar-refractivity contribution < 1.29 is 18.8 Å². The third-order valence-corrected chi connectivity index (χ3v) is 3.14. The second-order valence-electron chi connectivity index (χ2n) is 3.99. The molecule has 0 aliphatic rings. The van der Waals surface area contributed by atoms with E-state index in [1.807, 2.05) is 0 Å². The van der Waals surface area contributed by atoms with Gasteiger partial charge in [-0.2, -0.15) is 0 Å². The lowest BCUT2D eigenvalue weighted by molar-refractivity contribution is -0.385. The fourth-order valence-corrected chi connectivity index (χ4v) is 2.19. The molecule has 1 aromatic heterocycles. The molecule has 2 rings (SSSR count). The summed E-state index contributed by atoms with van der Waals surface area (Å²) in [5.74, 6) is -1.16. The van der Waals surface area contributed by atoms with Gasteiger partial charge in [-0.25, -0.2) is 9.37 Å². The summed E-state index contributed by atoms with van der Waals surface area (Å²) in [5.41, 5.74) is 0.169. The van der Waals surface area contributed by atoms with Gasteiger partial charge in [0.25, 0.3) is 5.69 Å².